The normalized spacial score (nSPS) is 11.7. The van der Waals surface area contributed by atoms with E-state index in [0.29, 0.717) is 11.4 Å². The van der Waals surface area contributed by atoms with Gasteiger partial charge in [-0.25, -0.2) is 4.39 Å². The molecule has 1 heterocycles. The van der Waals surface area contributed by atoms with Gasteiger partial charge in [0.2, 0.25) is 0 Å². The summed E-state index contributed by atoms with van der Waals surface area (Å²) in [4.78, 5) is 11.5. The van der Waals surface area contributed by atoms with Crippen LogP contribution in [0.2, 0.25) is 0 Å². The fourth-order valence-electron chi connectivity index (χ4n) is 3.62. The van der Waals surface area contributed by atoms with Crippen molar-refractivity contribution in [3.05, 3.63) is 81.6 Å². The van der Waals surface area contributed by atoms with E-state index in [9.17, 15) is 9.18 Å². The van der Waals surface area contributed by atoms with Gasteiger partial charge in [-0.3, -0.25) is 4.79 Å². The fourth-order valence-corrected chi connectivity index (χ4v) is 4.34. The van der Waals surface area contributed by atoms with E-state index in [1.807, 2.05) is 41.0 Å². The van der Waals surface area contributed by atoms with Crippen LogP contribution in [-0.2, 0) is 11.3 Å². The molecule has 0 aliphatic carbocycles. The quantitative estimate of drug-likeness (QED) is 0.233. The second-order valence-electron chi connectivity index (χ2n) is 7.53. The average molecular weight is 591 g/mol. The van der Waals surface area contributed by atoms with Crippen molar-refractivity contribution in [3.8, 4) is 5.75 Å². The molecule has 0 unspecified atom stereocenters. The van der Waals surface area contributed by atoms with E-state index in [-0.39, 0.29) is 38.0 Å². The van der Waals surface area contributed by atoms with E-state index in [1.54, 1.807) is 24.3 Å². The maximum Gasteiger partial charge on any atom is 0.258 e. The molecule has 4 aromatic rings. The zero-order valence-electron chi connectivity index (χ0n) is 18.0. The predicted molar refractivity (Wildman–Crippen MR) is 140 cm³/mol. The number of hydrogen-bond donors (Lipinski definition) is 3. The minimum Gasteiger partial charge on any atom is -0.484 e. The highest BCUT2D eigenvalue weighted by Crippen LogP contribution is 2.33. The molecule has 0 saturated carbocycles. The third kappa shape index (κ3) is 5.78. The molecule has 0 fully saturated rings. The number of carbonyl (C=O) groups excluding carboxylic acids is 1. The van der Waals surface area contributed by atoms with Gasteiger partial charge in [0, 0.05) is 49.2 Å². The Labute approximate surface area is 212 Å². The second kappa shape index (κ2) is 11.0. The molecule has 9 heteroatoms. The first-order valence-corrected chi connectivity index (χ1v) is 12.1. The first-order chi connectivity index (χ1) is 16.4. The van der Waals surface area contributed by atoms with Gasteiger partial charge in [0.25, 0.3) is 5.91 Å². The van der Waals surface area contributed by atoms with E-state index >= 15 is 0 Å². The lowest BCUT2D eigenvalue weighted by Crippen LogP contribution is -2.31. The number of nitrogens with zero attached hydrogens (tertiary/aromatic N) is 1. The first-order valence-electron chi connectivity index (χ1n) is 10.5. The van der Waals surface area contributed by atoms with Gasteiger partial charge in [-0.05, 0) is 60.7 Å². The Kier molecular flexibility index (Phi) is 7.87. The van der Waals surface area contributed by atoms with Crippen molar-refractivity contribution in [1.29, 1.82) is 0 Å². The van der Waals surface area contributed by atoms with Crippen molar-refractivity contribution < 1.29 is 19.0 Å². The van der Waals surface area contributed by atoms with Crippen LogP contribution >= 0.6 is 31.9 Å². The molecule has 0 spiro atoms. The number of benzene rings is 3. The van der Waals surface area contributed by atoms with Crippen LogP contribution in [0.15, 0.2) is 81.6 Å². The lowest BCUT2D eigenvalue weighted by atomic mass is 10.2. The van der Waals surface area contributed by atoms with Crippen LogP contribution in [0.1, 0.15) is 0 Å². The highest BCUT2D eigenvalue weighted by Gasteiger charge is 2.13. The van der Waals surface area contributed by atoms with Gasteiger partial charge in [0.1, 0.15) is 11.6 Å². The summed E-state index contributed by atoms with van der Waals surface area (Å²) in [5, 5.41) is 16.3. The monoisotopic (exact) mass is 589 g/mol. The number of anilines is 1. The highest BCUT2D eigenvalue weighted by molar-refractivity contribution is 9.10. The number of allylic oxidation sites excluding steroid dienone is 1. The molecule has 1 aromatic heterocycles. The summed E-state index contributed by atoms with van der Waals surface area (Å²) >= 11 is 7.05. The number of carbonyl (C=O) groups is 1. The van der Waals surface area contributed by atoms with Crippen LogP contribution in [0, 0.1) is 0 Å². The molecule has 0 radical (unpaired) electrons. The number of fused-ring (bicyclic) bond motifs is 3. The summed E-state index contributed by atoms with van der Waals surface area (Å²) < 4.78 is 24.2. The van der Waals surface area contributed by atoms with Crippen LogP contribution in [0.5, 0.6) is 5.75 Å². The molecular formula is C25H22Br2FN3O3. The van der Waals surface area contributed by atoms with Gasteiger partial charge in [0.15, 0.2) is 6.61 Å². The molecule has 0 saturated heterocycles. The smallest absolute Gasteiger partial charge is 0.258 e. The Morgan fingerprint density at radius 1 is 1.00 bits per heavy atom. The minimum atomic E-state index is -0.328. The zero-order valence-corrected chi connectivity index (χ0v) is 21.2. The molecule has 6 nitrogen and oxygen atoms in total. The third-order valence-electron chi connectivity index (χ3n) is 5.15. The number of aliphatic hydroxyl groups excluding tert-OH is 1. The van der Waals surface area contributed by atoms with E-state index in [4.69, 9.17) is 9.84 Å². The minimum absolute atomic E-state index is 0.0837. The number of halogens is 3. The molecule has 0 aliphatic rings. The van der Waals surface area contributed by atoms with Crippen LogP contribution in [0.3, 0.4) is 0 Å². The molecule has 34 heavy (non-hydrogen) atoms. The Bertz CT molecular complexity index is 1290. The van der Waals surface area contributed by atoms with Gasteiger partial charge in [-0.15, -0.1) is 0 Å². The van der Waals surface area contributed by atoms with E-state index in [2.05, 4.69) is 42.5 Å². The van der Waals surface area contributed by atoms with Crippen molar-refractivity contribution in [2.75, 3.05) is 25.1 Å². The van der Waals surface area contributed by atoms with Crippen molar-refractivity contribution in [3.63, 3.8) is 0 Å². The summed E-state index contributed by atoms with van der Waals surface area (Å²) in [5.41, 5.74) is 2.58. The van der Waals surface area contributed by atoms with Gasteiger partial charge in [-0.2, -0.15) is 0 Å². The van der Waals surface area contributed by atoms with E-state index in [0.717, 1.165) is 30.8 Å². The summed E-state index contributed by atoms with van der Waals surface area (Å²) in [5.74, 6) is -0.131. The van der Waals surface area contributed by atoms with E-state index in [1.165, 1.54) is 6.20 Å². The number of nitrogens with one attached hydrogen (secondary N) is 2. The lowest BCUT2D eigenvalue weighted by molar-refractivity contribution is -0.123. The maximum absolute atomic E-state index is 14.9. The number of ether oxygens (including phenoxy) is 1. The van der Waals surface area contributed by atoms with Crippen LogP contribution in [0.4, 0.5) is 10.1 Å². The number of aliphatic hydroxyl groups is 1. The van der Waals surface area contributed by atoms with Crippen molar-refractivity contribution in [2.45, 2.75) is 6.54 Å². The molecule has 1 amide bonds. The van der Waals surface area contributed by atoms with Crippen LogP contribution in [0.25, 0.3) is 21.8 Å². The lowest BCUT2D eigenvalue weighted by Gasteiger charge is -2.09. The van der Waals surface area contributed by atoms with Crippen molar-refractivity contribution in [1.82, 2.24) is 9.88 Å². The third-order valence-corrected chi connectivity index (χ3v) is 6.14. The molecule has 3 aromatic carbocycles. The number of amides is 1. The Balaban J connectivity index is 1.45. The summed E-state index contributed by atoms with van der Waals surface area (Å²) in [6.07, 6.45) is 1.34. The molecule has 0 aliphatic heterocycles. The number of rotatable bonds is 9. The molecule has 176 valence electrons. The van der Waals surface area contributed by atoms with Gasteiger partial charge < -0.3 is 25.0 Å². The standard InChI is InChI=1S/C25H22Br2FN3O3/c26-16-1-7-23-21(11-16)22-12-17(27)2-8-24(22)31(23)14-18(28)13-30-19-3-5-20(6-4-19)34-15-25(33)29-9-10-32/h1-8,11-13,30,32H,9-10,14-15H2,(H,29,33)/b18-13-. The average Bonchev–Trinajstić information content (AvgIpc) is 3.12. The summed E-state index contributed by atoms with van der Waals surface area (Å²) in [7, 11) is 0. The first kappa shape index (κ1) is 24.3. The fraction of sp³-hybridized carbons (Fsp3) is 0.160. The summed E-state index contributed by atoms with van der Waals surface area (Å²) in [6, 6.07) is 18.8. The zero-order chi connectivity index (χ0) is 24.1. The Morgan fingerprint density at radius 3 is 2.21 bits per heavy atom. The van der Waals surface area contributed by atoms with Crippen LogP contribution < -0.4 is 15.4 Å². The molecule has 0 atom stereocenters. The van der Waals surface area contributed by atoms with Crippen molar-refractivity contribution in [2.24, 2.45) is 0 Å². The van der Waals surface area contributed by atoms with Gasteiger partial charge in [-0.1, -0.05) is 31.9 Å². The molecule has 4 rings (SSSR count). The molecule has 3 N–H and O–H groups in total. The summed E-state index contributed by atoms with van der Waals surface area (Å²) in [6.45, 7) is 0.00279. The Hall–Kier alpha value is -2.88. The number of aromatic nitrogens is 1. The largest absolute Gasteiger partial charge is 0.484 e. The van der Waals surface area contributed by atoms with Gasteiger partial charge >= 0.3 is 0 Å². The number of hydrogen-bond acceptors (Lipinski definition) is 4. The highest BCUT2D eigenvalue weighted by atomic mass is 79.9. The van der Waals surface area contributed by atoms with E-state index < -0.39 is 0 Å². The topological polar surface area (TPSA) is 75.5 Å². The molecule has 0 bridgehead atoms. The van der Waals surface area contributed by atoms with Crippen LogP contribution in [-0.4, -0.2) is 35.3 Å². The maximum atomic E-state index is 14.9. The Morgan fingerprint density at radius 2 is 1.62 bits per heavy atom. The van der Waals surface area contributed by atoms with Gasteiger partial charge in [0.05, 0.1) is 13.2 Å². The van der Waals surface area contributed by atoms with Crippen molar-refractivity contribution >= 4 is 65.3 Å². The predicted octanol–water partition coefficient (Wildman–Crippen LogP) is 5.73. The second-order valence-corrected chi connectivity index (χ2v) is 9.36. The molecular weight excluding hydrogens is 569 g/mol. The SMILES string of the molecule is O=C(COc1ccc(N/C=C(\F)Cn2c3ccc(Br)cc3c3cc(Br)ccc32)cc1)NCCO.